The van der Waals surface area contributed by atoms with E-state index in [1.165, 1.54) is 13.2 Å². The SMILES string of the molecule is COc1ccc(C(Cl)c2ccc(OC)cc2F)cc1. The van der Waals surface area contributed by atoms with Crippen molar-refractivity contribution >= 4 is 11.6 Å². The summed E-state index contributed by atoms with van der Waals surface area (Å²) in [4.78, 5) is 0. The molecule has 0 aliphatic rings. The molecule has 0 amide bonds. The second kappa shape index (κ2) is 5.93. The molecule has 0 aliphatic carbocycles. The van der Waals surface area contributed by atoms with Crippen LogP contribution in [0.25, 0.3) is 0 Å². The minimum absolute atomic E-state index is 0.379. The third-order valence-corrected chi connectivity index (χ3v) is 3.38. The summed E-state index contributed by atoms with van der Waals surface area (Å²) in [6, 6.07) is 11.9. The molecule has 0 aromatic heterocycles. The molecule has 0 aliphatic heterocycles. The van der Waals surface area contributed by atoms with E-state index < -0.39 is 5.38 Å². The van der Waals surface area contributed by atoms with Crippen molar-refractivity contribution in [2.75, 3.05) is 14.2 Å². The molecule has 19 heavy (non-hydrogen) atoms. The fourth-order valence-corrected chi connectivity index (χ4v) is 2.12. The van der Waals surface area contributed by atoms with Gasteiger partial charge in [0.25, 0.3) is 0 Å². The Morgan fingerprint density at radius 3 is 2.05 bits per heavy atom. The van der Waals surface area contributed by atoms with Crippen LogP contribution in [0.5, 0.6) is 11.5 Å². The molecule has 0 bridgehead atoms. The number of hydrogen-bond donors (Lipinski definition) is 0. The van der Waals surface area contributed by atoms with Gasteiger partial charge in [-0.3, -0.25) is 0 Å². The maximum Gasteiger partial charge on any atom is 0.131 e. The first-order valence-electron chi connectivity index (χ1n) is 5.77. The summed E-state index contributed by atoms with van der Waals surface area (Å²) in [6.45, 7) is 0. The van der Waals surface area contributed by atoms with Crippen LogP contribution < -0.4 is 9.47 Å². The van der Waals surface area contributed by atoms with E-state index in [9.17, 15) is 4.39 Å². The lowest BCUT2D eigenvalue weighted by atomic mass is 10.0. The number of alkyl halides is 1. The van der Waals surface area contributed by atoms with Crippen LogP contribution in [0, 0.1) is 5.82 Å². The molecule has 0 spiro atoms. The van der Waals surface area contributed by atoms with Crippen LogP contribution >= 0.6 is 11.6 Å². The standard InChI is InChI=1S/C15H14ClFO2/c1-18-11-5-3-10(4-6-11)15(16)13-8-7-12(19-2)9-14(13)17/h3-9,15H,1-2H3. The Bertz CT molecular complexity index is 555. The highest BCUT2D eigenvalue weighted by Crippen LogP contribution is 2.32. The summed E-state index contributed by atoms with van der Waals surface area (Å²) >= 11 is 6.31. The second-order valence-corrected chi connectivity index (χ2v) is 4.46. The Morgan fingerprint density at radius 2 is 1.53 bits per heavy atom. The minimum Gasteiger partial charge on any atom is -0.497 e. The fraction of sp³-hybridized carbons (Fsp3) is 0.200. The van der Waals surface area contributed by atoms with E-state index in [2.05, 4.69) is 0 Å². The van der Waals surface area contributed by atoms with Gasteiger partial charge in [0.1, 0.15) is 17.3 Å². The third kappa shape index (κ3) is 2.99. The summed E-state index contributed by atoms with van der Waals surface area (Å²) < 4.78 is 24.0. The number of rotatable bonds is 4. The monoisotopic (exact) mass is 280 g/mol. The highest BCUT2D eigenvalue weighted by molar-refractivity contribution is 6.22. The van der Waals surface area contributed by atoms with Gasteiger partial charge < -0.3 is 9.47 Å². The van der Waals surface area contributed by atoms with Gasteiger partial charge in [0.05, 0.1) is 19.6 Å². The highest BCUT2D eigenvalue weighted by atomic mass is 35.5. The van der Waals surface area contributed by atoms with E-state index in [1.807, 2.05) is 12.1 Å². The molecule has 0 saturated heterocycles. The van der Waals surface area contributed by atoms with Crippen molar-refractivity contribution < 1.29 is 13.9 Å². The van der Waals surface area contributed by atoms with Gasteiger partial charge in [-0.15, -0.1) is 11.6 Å². The number of ether oxygens (including phenoxy) is 2. The summed E-state index contributed by atoms with van der Waals surface area (Å²) in [5.41, 5.74) is 1.24. The zero-order chi connectivity index (χ0) is 13.8. The van der Waals surface area contributed by atoms with Gasteiger partial charge in [-0.1, -0.05) is 18.2 Å². The molecule has 100 valence electrons. The van der Waals surface area contributed by atoms with Gasteiger partial charge in [0, 0.05) is 11.6 Å². The second-order valence-electron chi connectivity index (χ2n) is 4.02. The Labute approximate surface area is 116 Å². The van der Waals surface area contributed by atoms with Gasteiger partial charge in [-0.25, -0.2) is 4.39 Å². The Morgan fingerprint density at radius 1 is 0.947 bits per heavy atom. The van der Waals surface area contributed by atoms with Crippen LogP contribution in [0.15, 0.2) is 42.5 Å². The molecular weight excluding hydrogens is 267 g/mol. The van der Waals surface area contributed by atoms with E-state index in [1.54, 1.807) is 31.4 Å². The van der Waals surface area contributed by atoms with Gasteiger partial charge in [0.2, 0.25) is 0 Å². The molecule has 0 saturated carbocycles. The van der Waals surface area contributed by atoms with Gasteiger partial charge in [-0.2, -0.15) is 0 Å². The maximum absolute atomic E-state index is 13.9. The molecule has 2 aromatic rings. The number of halogens is 2. The van der Waals surface area contributed by atoms with Gasteiger partial charge in [0.15, 0.2) is 0 Å². The topological polar surface area (TPSA) is 18.5 Å². The van der Waals surface area contributed by atoms with Crippen LogP contribution in [0.4, 0.5) is 4.39 Å². The first-order chi connectivity index (χ1) is 9.15. The van der Waals surface area contributed by atoms with Crippen LogP contribution in [0.2, 0.25) is 0 Å². The predicted octanol–water partition coefficient (Wildman–Crippen LogP) is 4.17. The van der Waals surface area contributed by atoms with Crippen molar-refractivity contribution in [3.63, 3.8) is 0 Å². The maximum atomic E-state index is 13.9. The zero-order valence-electron chi connectivity index (χ0n) is 10.7. The molecule has 2 rings (SSSR count). The molecule has 1 atom stereocenters. The molecule has 1 unspecified atom stereocenters. The van der Waals surface area contributed by atoms with E-state index in [0.717, 1.165) is 11.3 Å². The van der Waals surface area contributed by atoms with Crippen LogP contribution in [0.3, 0.4) is 0 Å². The van der Waals surface area contributed by atoms with Gasteiger partial charge in [-0.05, 0) is 23.8 Å². The van der Waals surface area contributed by atoms with Crippen molar-refractivity contribution in [2.45, 2.75) is 5.38 Å². The summed E-state index contributed by atoms with van der Waals surface area (Å²) in [5, 5.41) is -0.545. The van der Waals surface area contributed by atoms with Crippen LogP contribution in [-0.4, -0.2) is 14.2 Å². The first-order valence-corrected chi connectivity index (χ1v) is 6.21. The predicted molar refractivity (Wildman–Crippen MR) is 73.6 cm³/mol. The molecule has 0 N–H and O–H groups in total. The minimum atomic E-state index is -0.545. The smallest absolute Gasteiger partial charge is 0.131 e. The lowest BCUT2D eigenvalue weighted by Crippen LogP contribution is -1.98. The van der Waals surface area contributed by atoms with E-state index in [0.29, 0.717) is 11.3 Å². The normalized spacial score (nSPS) is 12.0. The molecule has 0 fully saturated rings. The average molecular weight is 281 g/mol. The van der Waals surface area contributed by atoms with Crippen molar-refractivity contribution in [3.05, 3.63) is 59.4 Å². The Hall–Kier alpha value is -1.74. The number of hydrogen-bond acceptors (Lipinski definition) is 2. The molecule has 0 radical (unpaired) electrons. The molecule has 2 nitrogen and oxygen atoms in total. The number of methoxy groups -OCH3 is 2. The quantitative estimate of drug-likeness (QED) is 0.783. The highest BCUT2D eigenvalue weighted by Gasteiger charge is 2.15. The van der Waals surface area contributed by atoms with Crippen molar-refractivity contribution in [1.82, 2.24) is 0 Å². The Balaban J connectivity index is 2.29. The summed E-state index contributed by atoms with van der Waals surface area (Å²) in [7, 11) is 3.09. The van der Waals surface area contributed by atoms with Crippen LogP contribution in [0.1, 0.15) is 16.5 Å². The van der Waals surface area contributed by atoms with E-state index >= 15 is 0 Å². The molecule has 0 heterocycles. The molecule has 4 heteroatoms. The van der Waals surface area contributed by atoms with E-state index in [4.69, 9.17) is 21.1 Å². The zero-order valence-corrected chi connectivity index (χ0v) is 11.4. The largest absolute Gasteiger partial charge is 0.497 e. The summed E-state index contributed by atoms with van der Waals surface area (Å²) in [6.07, 6.45) is 0. The number of benzene rings is 2. The lowest BCUT2D eigenvalue weighted by Gasteiger charge is -2.12. The van der Waals surface area contributed by atoms with Gasteiger partial charge >= 0.3 is 0 Å². The Kier molecular flexibility index (Phi) is 4.27. The average Bonchev–Trinajstić information content (AvgIpc) is 2.46. The van der Waals surface area contributed by atoms with Crippen molar-refractivity contribution in [3.8, 4) is 11.5 Å². The third-order valence-electron chi connectivity index (χ3n) is 2.89. The lowest BCUT2D eigenvalue weighted by molar-refractivity contribution is 0.410. The van der Waals surface area contributed by atoms with E-state index in [-0.39, 0.29) is 5.82 Å². The fourth-order valence-electron chi connectivity index (χ4n) is 1.79. The van der Waals surface area contributed by atoms with Crippen LogP contribution in [-0.2, 0) is 0 Å². The van der Waals surface area contributed by atoms with Crippen molar-refractivity contribution in [1.29, 1.82) is 0 Å². The van der Waals surface area contributed by atoms with Crippen molar-refractivity contribution in [2.24, 2.45) is 0 Å². The summed E-state index contributed by atoms with van der Waals surface area (Å²) in [5.74, 6) is 0.831. The molecular formula is C15H14ClFO2. The first kappa shape index (κ1) is 13.7. The molecule has 2 aromatic carbocycles.